The van der Waals surface area contributed by atoms with Crippen molar-refractivity contribution in [2.24, 2.45) is 0 Å². The van der Waals surface area contributed by atoms with Crippen LogP contribution in [-0.4, -0.2) is 19.3 Å². The molecular weight excluding hydrogens is 247 g/mol. The van der Waals surface area contributed by atoms with Gasteiger partial charge in [-0.1, -0.05) is 0 Å². The van der Waals surface area contributed by atoms with Crippen LogP contribution >= 0.6 is 0 Å². The Morgan fingerprint density at radius 1 is 1.33 bits per heavy atom. The van der Waals surface area contributed by atoms with Crippen molar-refractivity contribution in [2.45, 2.75) is 26.1 Å². The predicted molar refractivity (Wildman–Crippen MR) is 62.4 cm³/mol. The van der Waals surface area contributed by atoms with Crippen LogP contribution < -0.4 is 10.5 Å². The van der Waals surface area contributed by atoms with E-state index in [4.69, 9.17) is 15.2 Å². The molecule has 0 radical (unpaired) electrons. The van der Waals surface area contributed by atoms with E-state index in [0.29, 0.717) is 6.61 Å². The Morgan fingerprint density at radius 2 is 2.00 bits per heavy atom. The summed E-state index contributed by atoms with van der Waals surface area (Å²) in [4.78, 5) is 0. The molecule has 0 fully saturated rings. The number of nitrogen functional groups attached to an aromatic ring is 1. The first-order valence-corrected chi connectivity index (χ1v) is 5.55. The summed E-state index contributed by atoms with van der Waals surface area (Å²) in [5.41, 5.74) is 4.53. The number of anilines is 1. The summed E-state index contributed by atoms with van der Waals surface area (Å²) in [5.74, 6) is -0.232. The smallest absolute Gasteiger partial charge is 0.420 e. The second-order valence-electron chi connectivity index (χ2n) is 3.84. The number of alkyl halides is 3. The topological polar surface area (TPSA) is 44.5 Å². The van der Waals surface area contributed by atoms with Crippen LogP contribution in [-0.2, 0) is 10.9 Å². The highest BCUT2D eigenvalue weighted by Gasteiger charge is 2.35. The minimum absolute atomic E-state index is 0.0483. The molecule has 0 saturated carbocycles. The van der Waals surface area contributed by atoms with Crippen molar-refractivity contribution >= 4 is 5.69 Å². The minimum Gasteiger partial charge on any atom is -0.488 e. The van der Waals surface area contributed by atoms with E-state index in [2.05, 4.69) is 0 Å². The number of hydrogen-bond acceptors (Lipinski definition) is 3. The maximum atomic E-state index is 12.8. The molecule has 0 saturated heterocycles. The van der Waals surface area contributed by atoms with Crippen LogP contribution in [0.3, 0.4) is 0 Å². The van der Waals surface area contributed by atoms with Crippen LogP contribution in [0.5, 0.6) is 5.75 Å². The molecule has 0 aliphatic rings. The molecule has 1 unspecified atom stereocenters. The molecule has 0 bridgehead atoms. The van der Waals surface area contributed by atoms with E-state index in [1.807, 2.05) is 0 Å². The standard InChI is InChI=1S/C12H16F3NO2/c1-3-17-7-8(2)18-11-5-4-9(16)6-10(11)12(13,14)15/h4-6,8H,3,7,16H2,1-2H3. The highest BCUT2D eigenvalue weighted by molar-refractivity contribution is 5.49. The lowest BCUT2D eigenvalue weighted by molar-refractivity contribution is -0.139. The summed E-state index contributed by atoms with van der Waals surface area (Å²) in [6.07, 6.45) is -4.95. The minimum atomic E-state index is -4.49. The Labute approximate surface area is 104 Å². The van der Waals surface area contributed by atoms with Crippen LogP contribution in [0.1, 0.15) is 19.4 Å². The summed E-state index contributed by atoms with van der Waals surface area (Å²) in [6.45, 7) is 4.17. The van der Waals surface area contributed by atoms with Gasteiger partial charge >= 0.3 is 6.18 Å². The Bertz CT molecular complexity index is 393. The lowest BCUT2D eigenvalue weighted by Gasteiger charge is -2.18. The van der Waals surface area contributed by atoms with Gasteiger partial charge in [-0.15, -0.1) is 0 Å². The Kier molecular flexibility index (Phi) is 4.84. The number of hydrogen-bond donors (Lipinski definition) is 1. The maximum absolute atomic E-state index is 12.8. The van der Waals surface area contributed by atoms with E-state index in [-0.39, 0.29) is 18.0 Å². The van der Waals surface area contributed by atoms with Crippen molar-refractivity contribution in [3.63, 3.8) is 0 Å². The number of nitrogens with two attached hydrogens (primary N) is 1. The maximum Gasteiger partial charge on any atom is 0.420 e. The second-order valence-corrected chi connectivity index (χ2v) is 3.84. The second kappa shape index (κ2) is 5.95. The Balaban J connectivity index is 2.88. The van der Waals surface area contributed by atoms with Crippen LogP contribution in [0.25, 0.3) is 0 Å². The van der Waals surface area contributed by atoms with E-state index < -0.39 is 17.8 Å². The van der Waals surface area contributed by atoms with Crippen molar-refractivity contribution in [3.8, 4) is 5.75 Å². The number of rotatable bonds is 5. The van der Waals surface area contributed by atoms with Gasteiger partial charge in [-0.05, 0) is 32.0 Å². The molecule has 18 heavy (non-hydrogen) atoms. The van der Waals surface area contributed by atoms with Gasteiger partial charge in [0.1, 0.15) is 11.9 Å². The predicted octanol–water partition coefficient (Wildman–Crippen LogP) is 3.09. The molecule has 6 heteroatoms. The van der Waals surface area contributed by atoms with Crippen LogP contribution in [0, 0.1) is 0 Å². The van der Waals surface area contributed by atoms with Gasteiger partial charge in [0, 0.05) is 12.3 Å². The number of ether oxygens (including phenoxy) is 2. The van der Waals surface area contributed by atoms with Crippen molar-refractivity contribution in [1.29, 1.82) is 0 Å². The lowest BCUT2D eigenvalue weighted by Crippen LogP contribution is -2.21. The zero-order valence-corrected chi connectivity index (χ0v) is 10.3. The third-order valence-electron chi connectivity index (χ3n) is 2.19. The fourth-order valence-electron chi connectivity index (χ4n) is 1.41. The van der Waals surface area contributed by atoms with Gasteiger partial charge in [0.05, 0.1) is 12.2 Å². The van der Waals surface area contributed by atoms with Gasteiger partial charge in [0.15, 0.2) is 0 Å². The molecule has 0 spiro atoms. The lowest BCUT2D eigenvalue weighted by atomic mass is 10.1. The first-order valence-electron chi connectivity index (χ1n) is 5.55. The van der Waals surface area contributed by atoms with Crippen molar-refractivity contribution in [1.82, 2.24) is 0 Å². The molecule has 3 nitrogen and oxygen atoms in total. The summed E-state index contributed by atoms with van der Waals surface area (Å²) >= 11 is 0. The first kappa shape index (κ1) is 14.6. The summed E-state index contributed by atoms with van der Waals surface area (Å²) in [7, 11) is 0. The van der Waals surface area contributed by atoms with Gasteiger partial charge in [-0.2, -0.15) is 13.2 Å². The third-order valence-corrected chi connectivity index (χ3v) is 2.19. The molecule has 0 aliphatic carbocycles. The first-order chi connectivity index (χ1) is 8.34. The average Bonchev–Trinajstić information content (AvgIpc) is 2.27. The summed E-state index contributed by atoms with van der Waals surface area (Å²) in [5, 5.41) is 0. The molecule has 0 aromatic heterocycles. The average molecular weight is 263 g/mol. The molecule has 0 aliphatic heterocycles. The largest absolute Gasteiger partial charge is 0.488 e. The molecule has 1 rings (SSSR count). The van der Waals surface area contributed by atoms with Gasteiger partial charge in [-0.25, -0.2) is 0 Å². The van der Waals surface area contributed by atoms with Crippen LogP contribution in [0.4, 0.5) is 18.9 Å². The Hall–Kier alpha value is -1.43. The SMILES string of the molecule is CCOCC(C)Oc1ccc(N)cc1C(F)(F)F. The molecule has 0 heterocycles. The molecule has 1 aromatic rings. The third kappa shape index (κ3) is 4.10. The van der Waals surface area contributed by atoms with Crippen LogP contribution in [0.2, 0.25) is 0 Å². The zero-order valence-electron chi connectivity index (χ0n) is 10.3. The summed E-state index contributed by atoms with van der Waals surface area (Å²) < 4.78 is 48.6. The van der Waals surface area contributed by atoms with Crippen molar-refractivity contribution < 1.29 is 22.6 Å². The van der Waals surface area contributed by atoms with Gasteiger partial charge in [0.25, 0.3) is 0 Å². The van der Waals surface area contributed by atoms with Gasteiger partial charge in [-0.3, -0.25) is 0 Å². The Morgan fingerprint density at radius 3 is 2.56 bits per heavy atom. The zero-order chi connectivity index (χ0) is 13.8. The fourth-order valence-corrected chi connectivity index (χ4v) is 1.41. The number of benzene rings is 1. The van der Waals surface area contributed by atoms with Crippen LogP contribution in [0.15, 0.2) is 18.2 Å². The molecule has 2 N–H and O–H groups in total. The summed E-state index contributed by atoms with van der Waals surface area (Å²) in [6, 6.07) is 3.46. The van der Waals surface area contributed by atoms with Gasteiger partial charge in [0.2, 0.25) is 0 Å². The highest BCUT2D eigenvalue weighted by Crippen LogP contribution is 2.37. The molecule has 1 aromatic carbocycles. The monoisotopic (exact) mass is 263 g/mol. The van der Waals surface area contributed by atoms with Crippen molar-refractivity contribution in [3.05, 3.63) is 23.8 Å². The van der Waals surface area contributed by atoms with E-state index in [0.717, 1.165) is 6.07 Å². The van der Waals surface area contributed by atoms with E-state index in [9.17, 15) is 13.2 Å². The molecule has 1 atom stereocenters. The normalized spacial score (nSPS) is 13.4. The fraction of sp³-hybridized carbons (Fsp3) is 0.500. The van der Waals surface area contributed by atoms with E-state index in [1.165, 1.54) is 12.1 Å². The van der Waals surface area contributed by atoms with E-state index >= 15 is 0 Å². The number of halogens is 3. The molecule has 102 valence electrons. The molecule has 0 amide bonds. The van der Waals surface area contributed by atoms with Gasteiger partial charge < -0.3 is 15.2 Å². The van der Waals surface area contributed by atoms with E-state index in [1.54, 1.807) is 13.8 Å². The highest BCUT2D eigenvalue weighted by atomic mass is 19.4. The molecular formula is C12H16F3NO2. The quantitative estimate of drug-likeness (QED) is 0.830. The van der Waals surface area contributed by atoms with Crippen molar-refractivity contribution in [2.75, 3.05) is 18.9 Å².